The van der Waals surface area contributed by atoms with E-state index in [9.17, 15) is 0 Å². The highest BCUT2D eigenvalue weighted by Crippen LogP contribution is 2.46. The van der Waals surface area contributed by atoms with Gasteiger partial charge in [-0.3, -0.25) is 0 Å². The third kappa shape index (κ3) is 0.822. The molecule has 1 nitrogen and oxygen atoms in total. The molecule has 1 saturated carbocycles. The van der Waals surface area contributed by atoms with Crippen LogP contribution in [0.5, 0.6) is 0 Å². The maximum absolute atomic E-state index is 6.04. The molecule has 0 aromatic heterocycles. The molecular formula is C7H8ClOSi. The number of hydrogen-bond donors (Lipinski definition) is 0. The summed E-state index contributed by atoms with van der Waals surface area (Å²) < 4.78 is 5.00. The quantitative estimate of drug-likeness (QED) is 0.431. The average molecular weight is 172 g/mol. The summed E-state index contributed by atoms with van der Waals surface area (Å²) in [7, 11) is 3.02. The highest BCUT2D eigenvalue weighted by atomic mass is 35.5. The Bertz CT molecular complexity index is 180. The maximum Gasteiger partial charge on any atom is 0.340 e. The monoisotopic (exact) mass is 171 g/mol. The molecule has 10 heavy (non-hydrogen) atoms. The van der Waals surface area contributed by atoms with E-state index in [0.717, 1.165) is 12.2 Å². The van der Waals surface area contributed by atoms with Crippen molar-refractivity contribution in [1.82, 2.24) is 0 Å². The molecule has 0 aromatic carbocycles. The largest absolute Gasteiger partial charge is 0.543 e. The van der Waals surface area contributed by atoms with Crippen molar-refractivity contribution in [1.29, 1.82) is 0 Å². The van der Waals surface area contributed by atoms with Crippen molar-refractivity contribution in [2.75, 3.05) is 0 Å². The van der Waals surface area contributed by atoms with Crippen molar-refractivity contribution in [2.45, 2.75) is 18.2 Å². The Kier molecular flexibility index (Phi) is 1.53. The molecule has 3 heteroatoms. The smallest absolute Gasteiger partial charge is 0.340 e. The van der Waals surface area contributed by atoms with Gasteiger partial charge in [-0.15, -0.1) is 11.6 Å². The number of allylic oxidation sites excluding steroid dienone is 2. The van der Waals surface area contributed by atoms with Crippen LogP contribution in [0.1, 0.15) is 12.8 Å². The lowest BCUT2D eigenvalue weighted by Crippen LogP contribution is -2.12. The summed E-state index contributed by atoms with van der Waals surface area (Å²) >= 11 is 6.04. The molecule has 3 radical (unpaired) electrons. The molecule has 2 bridgehead atoms. The van der Waals surface area contributed by atoms with Crippen molar-refractivity contribution in [3.63, 3.8) is 0 Å². The molecule has 0 spiro atoms. The Labute approximate surface area is 68.9 Å². The second-order valence-electron chi connectivity index (χ2n) is 3.03. The predicted octanol–water partition coefficient (Wildman–Crippen LogP) is 1.62. The number of rotatable bonds is 1. The van der Waals surface area contributed by atoms with Crippen molar-refractivity contribution >= 4 is 22.1 Å². The summed E-state index contributed by atoms with van der Waals surface area (Å²) in [5.74, 6) is 2.19. The molecule has 0 amide bonds. The maximum atomic E-state index is 6.04. The van der Waals surface area contributed by atoms with Crippen molar-refractivity contribution < 1.29 is 4.43 Å². The fourth-order valence-electron chi connectivity index (χ4n) is 1.92. The van der Waals surface area contributed by atoms with E-state index >= 15 is 0 Å². The lowest BCUT2D eigenvalue weighted by Gasteiger charge is -2.16. The van der Waals surface area contributed by atoms with Crippen molar-refractivity contribution in [3.8, 4) is 0 Å². The minimum Gasteiger partial charge on any atom is -0.543 e. The number of fused-ring (bicyclic) bond motifs is 2. The first-order valence-electron chi connectivity index (χ1n) is 3.50. The van der Waals surface area contributed by atoms with E-state index in [1.54, 1.807) is 0 Å². The van der Waals surface area contributed by atoms with Gasteiger partial charge < -0.3 is 4.43 Å². The van der Waals surface area contributed by atoms with Crippen molar-refractivity contribution in [3.05, 3.63) is 11.8 Å². The molecule has 53 valence electrons. The van der Waals surface area contributed by atoms with E-state index in [1.165, 1.54) is 6.42 Å². The van der Waals surface area contributed by atoms with Gasteiger partial charge >= 0.3 is 10.5 Å². The van der Waals surface area contributed by atoms with Crippen LogP contribution in [-0.4, -0.2) is 15.9 Å². The van der Waals surface area contributed by atoms with Gasteiger partial charge in [0.1, 0.15) is 0 Å². The molecular weight excluding hydrogens is 164 g/mol. The third-order valence-electron chi connectivity index (χ3n) is 2.40. The van der Waals surface area contributed by atoms with Gasteiger partial charge in [0, 0.05) is 11.3 Å². The van der Waals surface area contributed by atoms with Gasteiger partial charge in [-0.1, -0.05) is 0 Å². The van der Waals surface area contributed by atoms with Crippen LogP contribution in [0.15, 0.2) is 11.8 Å². The zero-order chi connectivity index (χ0) is 7.14. The number of halogens is 1. The SMILES string of the molecule is [Si]OC1=C[C@@H]2C[C@@H](Cl)[C@H]1C2. The zero-order valence-corrected chi connectivity index (χ0v) is 7.27. The fraction of sp³-hybridized carbons (Fsp3) is 0.714. The molecule has 1 fully saturated rings. The number of alkyl halides is 1. The highest BCUT2D eigenvalue weighted by molar-refractivity contribution is 6.21. The van der Waals surface area contributed by atoms with Gasteiger partial charge in [0.05, 0.1) is 5.76 Å². The normalized spacial score (nSPS) is 43.8. The van der Waals surface area contributed by atoms with Gasteiger partial charge in [0.15, 0.2) is 0 Å². The molecule has 0 N–H and O–H groups in total. The first-order valence-corrected chi connectivity index (χ1v) is 4.35. The predicted molar refractivity (Wildman–Crippen MR) is 40.8 cm³/mol. The van der Waals surface area contributed by atoms with E-state index in [-0.39, 0.29) is 0 Å². The number of hydrogen-bond acceptors (Lipinski definition) is 1. The first-order chi connectivity index (χ1) is 4.81. The van der Waals surface area contributed by atoms with E-state index in [2.05, 4.69) is 16.6 Å². The second-order valence-corrected chi connectivity index (χ2v) is 3.79. The van der Waals surface area contributed by atoms with Crippen LogP contribution < -0.4 is 0 Å². The summed E-state index contributed by atoms with van der Waals surface area (Å²) in [6.45, 7) is 0. The zero-order valence-electron chi connectivity index (χ0n) is 5.51. The van der Waals surface area contributed by atoms with Gasteiger partial charge in [-0.2, -0.15) is 0 Å². The molecule has 2 aliphatic rings. The Morgan fingerprint density at radius 3 is 2.80 bits per heavy atom. The fourth-order valence-corrected chi connectivity index (χ4v) is 2.59. The lowest BCUT2D eigenvalue weighted by molar-refractivity contribution is 0.386. The van der Waals surface area contributed by atoms with Gasteiger partial charge in [-0.05, 0) is 24.8 Å². The molecule has 0 aromatic rings. The van der Waals surface area contributed by atoms with Crippen LogP contribution in [0.2, 0.25) is 0 Å². The minimum atomic E-state index is 0.307. The molecule has 0 saturated heterocycles. The van der Waals surface area contributed by atoms with Crippen LogP contribution in [0.3, 0.4) is 0 Å². The summed E-state index contributed by atoms with van der Waals surface area (Å²) in [5.41, 5.74) is 0. The first kappa shape index (κ1) is 6.74. The molecule has 3 atom stereocenters. The van der Waals surface area contributed by atoms with E-state index in [4.69, 9.17) is 16.0 Å². The summed E-state index contributed by atoms with van der Waals surface area (Å²) in [6.07, 6.45) is 4.50. The molecule has 0 aliphatic heterocycles. The summed E-state index contributed by atoms with van der Waals surface area (Å²) in [6, 6.07) is 0. The summed E-state index contributed by atoms with van der Waals surface area (Å²) in [5, 5.41) is 0.307. The Hall–Kier alpha value is 0.0469. The topological polar surface area (TPSA) is 9.23 Å². The third-order valence-corrected chi connectivity index (χ3v) is 3.12. The minimum absolute atomic E-state index is 0.307. The Morgan fingerprint density at radius 2 is 2.40 bits per heavy atom. The Balaban J connectivity index is 2.19. The highest BCUT2D eigenvalue weighted by Gasteiger charge is 2.40. The average Bonchev–Trinajstić information content (AvgIpc) is 2.44. The Morgan fingerprint density at radius 1 is 1.60 bits per heavy atom. The van der Waals surface area contributed by atoms with Crippen LogP contribution in [0.25, 0.3) is 0 Å². The molecule has 0 unspecified atom stereocenters. The van der Waals surface area contributed by atoms with Crippen molar-refractivity contribution in [2.24, 2.45) is 11.8 Å². The summed E-state index contributed by atoms with van der Waals surface area (Å²) in [4.78, 5) is 0. The molecule has 0 heterocycles. The molecule has 2 aliphatic carbocycles. The molecule has 2 rings (SSSR count). The second kappa shape index (κ2) is 2.27. The van der Waals surface area contributed by atoms with Gasteiger partial charge in [0.25, 0.3) is 0 Å². The lowest BCUT2D eigenvalue weighted by atomic mass is 10.1. The standard InChI is InChI=1S/C7H8ClOSi/c8-6-2-4-1-5(6)7(3-4)9-10/h3-6H,1-2H2/t4-,5+,6+/m0/s1. The van der Waals surface area contributed by atoms with Gasteiger partial charge in [-0.25, -0.2) is 0 Å². The van der Waals surface area contributed by atoms with Crippen LogP contribution in [0, 0.1) is 11.8 Å². The van der Waals surface area contributed by atoms with Crippen LogP contribution in [0.4, 0.5) is 0 Å². The van der Waals surface area contributed by atoms with Crippen LogP contribution in [-0.2, 0) is 4.43 Å². The van der Waals surface area contributed by atoms with E-state index in [1.807, 2.05) is 0 Å². The van der Waals surface area contributed by atoms with Crippen LogP contribution >= 0.6 is 11.6 Å². The van der Waals surface area contributed by atoms with Gasteiger partial charge in [0.2, 0.25) is 0 Å². The van der Waals surface area contributed by atoms with E-state index in [0.29, 0.717) is 17.2 Å². The van der Waals surface area contributed by atoms with E-state index < -0.39 is 0 Å².